The number of benzene rings is 1. The first kappa shape index (κ1) is 11.9. The molecule has 0 aliphatic carbocycles. The van der Waals surface area contributed by atoms with E-state index in [0.717, 1.165) is 15.9 Å². The Morgan fingerprint density at radius 1 is 1.44 bits per heavy atom. The molecule has 0 N–H and O–H groups in total. The van der Waals surface area contributed by atoms with Gasteiger partial charge in [-0.3, -0.25) is 0 Å². The normalized spacial score (nSPS) is 10.4. The van der Waals surface area contributed by atoms with Crippen molar-refractivity contribution in [1.29, 1.82) is 0 Å². The second kappa shape index (κ2) is 5.66. The van der Waals surface area contributed by atoms with Gasteiger partial charge in [-0.25, -0.2) is 4.98 Å². The molecule has 0 amide bonds. The maximum Gasteiger partial charge on any atom is 0.140 e. The summed E-state index contributed by atoms with van der Waals surface area (Å²) in [5, 5.41) is 4.29. The third-order valence-electron chi connectivity index (χ3n) is 1.99. The van der Waals surface area contributed by atoms with Gasteiger partial charge in [0.25, 0.3) is 0 Å². The number of hydrogen-bond acceptors (Lipinski definition) is 3. The molecule has 0 unspecified atom stereocenters. The molecular formula is C11H9BrClNOS. The largest absolute Gasteiger partial charge is 0.485 e. The third-order valence-corrected chi connectivity index (χ3v) is 3.68. The van der Waals surface area contributed by atoms with Crippen LogP contribution in [0.5, 0.6) is 5.75 Å². The topological polar surface area (TPSA) is 22.1 Å². The highest BCUT2D eigenvalue weighted by molar-refractivity contribution is 9.08. The van der Waals surface area contributed by atoms with Crippen molar-refractivity contribution < 1.29 is 4.74 Å². The van der Waals surface area contributed by atoms with Gasteiger partial charge in [0.2, 0.25) is 0 Å². The summed E-state index contributed by atoms with van der Waals surface area (Å²) < 4.78 is 5.58. The molecule has 1 heterocycles. The van der Waals surface area contributed by atoms with Gasteiger partial charge in [0, 0.05) is 16.9 Å². The minimum absolute atomic E-state index is 0.463. The fraction of sp³-hybridized carbons (Fsp3) is 0.182. The second-order valence-corrected chi connectivity index (χ2v) is 5.06. The van der Waals surface area contributed by atoms with Crippen molar-refractivity contribution in [3.05, 3.63) is 45.4 Å². The molecule has 16 heavy (non-hydrogen) atoms. The van der Waals surface area contributed by atoms with E-state index >= 15 is 0 Å². The molecule has 0 aliphatic heterocycles. The number of rotatable bonds is 4. The summed E-state index contributed by atoms with van der Waals surface area (Å²) in [5.41, 5.74) is 1.13. The van der Waals surface area contributed by atoms with Crippen LogP contribution in [0.3, 0.4) is 0 Å². The monoisotopic (exact) mass is 317 g/mol. The van der Waals surface area contributed by atoms with Gasteiger partial charge in [0.15, 0.2) is 0 Å². The first-order valence-corrected chi connectivity index (χ1v) is 7.03. The Labute approximate surface area is 111 Å². The molecule has 0 saturated carbocycles. The number of hydrogen-bond donors (Lipinski definition) is 0. The van der Waals surface area contributed by atoms with Crippen molar-refractivity contribution in [3.8, 4) is 5.75 Å². The Morgan fingerprint density at radius 2 is 2.31 bits per heavy atom. The van der Waals surface area contributed by atoms with E-state index in [0.29, 0.717) is 17.4 Å². The summed E-state index contributed by atoms with van der Waals surface area (Å²) in [6.07, 6.45) is 1.76. The zero-order valence-electron chi connectivity index (χ0n) is 8.32. The molecular weight excluding hydrogens is 310 g/mol. The molecule has 0 atom stereocenters. The molecule has 0 bridgehead atoms. The number of ether oxygens (including phenoxy) is 1. The average Bonchev–Trinajstić information content (AvgIpc) is 2.80. The molecule has 2 aromatic rings. The Kier molecular flexibility index (Phi) is 4.21. The van der Waals surface area contributed by atoms with Crippen LogP contribution in [0, 0.1) is 0 Å². The SMILES string of the molecule is Clc1cc(CBr)ccc1OCc1nccs1. The molecule has 0 radical (unpaired) electrons. The first-order chi connectivity index (χ1) is 7.79. The van der Waals surface area contributed by atoms with E-state index in [9.17, 15) is 0 Å². The lowest BCUT2D eigenvalue weighted by molar-refractivity contribution is 0.305. The maximum absolute atomic E-state index is 6.09. The molecule has 0 fully saturated rings. The lowest BCUT2D eigenvalue weighted by atomic mass is 10.2. The zero-order valence-corrected chi connectivity index (χ0v) is 11.5. The number of alkyl halides is 1. The fourth-order valence-corrected chi connectivity index (χ4v) is 2.34. The molecule has 2 rings (SSSR count). The van der Waals surface area contributed by atoms with Crippen LogP contribution in [-0.4, -0.2) is 4.98 Å². The number of nitrogens with zero attached hydrogens (tertiary/aromatic N) is 1. The zero-order chi connectivity index (χ0) is 11.4. The van der Waals surface area contributed by atoms with Gasteiger partial charge in [0.05, 0.1) is 5.02 Å². The van der Waals surface area contributed by atoms with E-state index in [2.05, 4.69) is 20.9 Å². The molecule has 0 aliphatic rings. The molecule has 0 spiro atoms. The van der Waals surface area contributed by atoms with E-state index in [4.69, 9.17) is 16.3 Å². The summed E-state index contributed by atoms with van der Waals surface area (Å²) in [6, 6.07) is 5.76. The third kappa shape index (κ3) is 2.97. The van der Waals surface area contributed by atoms with E-state index in [1.54, 1.807) is 17.5 Å². The molecule has 0 saturated heterocycles. The highest BCUT2D eigenvalue weighted by Crippen LogP contribution is 2.27. The van der Waals surface area contributed by atoms with Crippen molar-refractivity contribution in [2.45, 2.75) is 11.9 Å². The Balaban J connectivity index is 2.04. The minimum Gasteiger partial charge on any atom is -0.485 e. The number of halogens is 2. The summed E-state index contributed by atoms with van der Waals surface area (Å²) >= 11 is 11.0. The van der Waals surface area contributed by atoms with Crippen LogP contribution in [0.15, 0.2) is 29.8 Å². The maximum atomic E-state index is 6.09. The Hall–Kier alpha value is -0.580. The van der Waals surface area contributed by atoms with Crippen LogP contribution in [0.25, 0.3) is 0 Å². The molecule has 1 aromatic heterocycles. The van der Waals surface area contributed by atoms with Crippen LogP contribution < -0.4 is 4.74 Å². The second-order valence-electron chi connectivity index (χ2n) is 3.11. The first-order valence-electron chi connectivity index (χ1n) is 4.65. The summed E-state index contributed by atoms with van der Waals surface area (Å²) in [7, 11) is 0. The highest BCUT2D eigenvalue weighted by atomic mass is 79.9. The van der Waals surface area contributed by atoms with Crippen LogP contribution in [-0.2, 0) is 11.9 Å². The lowest BCUT2D eigenvalue weighted by Gasteiger charge is -2.07. The van der Waals surface area contributed by atoms with Gasteiger partial charge in [-0.05, 0) is 17.7 Å². The fourth-order valence-electron chi connectivity index (χ4n) is 1.21. The van der Waals surface area contributed by atoms with Gasteiger partial charge < -0.3 is 4.74 Å². The lowest BCUT2D eigenvalue weighted by Crippen LogP contribution is -1.95. The summed E-state index contributed by atoms with van der Waals surface area (Å²) in [4.78, 5) is 4.14. The van der Waals surface area contributed by atoms with Gasteiger partial charge in [-0.2, -0.15) is 0 Å². The molecule has 84 valence electrons. The van der Waals surface area contributed by atoms with Crippen LogP contribution in [0.4, 0.5) is 0 Å². The average molecular weight is 319 g/mol. The number of thiazole rings is 1. The minimum atomic E-state index is 0.463. The predicted molar refractivity (Wildman–Crippen MR) is 70.5 cm³/mol. The standard InChI is InChI=1S/C11H9BrClNOS/c12-6-8-1-2-10(9(13)5-8)15-7-11-14-3-4-16-11/h1-5H,6-7H2. The van der Waals surface area contributed by atoms with Crippen molar-refractivity contribution >= 4 is 38.9 Å². The van der Waals surface area contributed by atoms with Crippen molar-refractivity contribution in [2.75, 3.05) is 0 Å². The van der Waals surface area contributed by atoms with E-state index in [1.807, 2.05) is 23.6 Å². The van der Waals surface area contributed by atoms with Crippen LogP contribution in [0.1, 0.15) is 10.6 Å². The van der Waals surface area contributed by atoms with Crippen molar-refractivity contribution in [3.63, 3.8) is 0 Å². The number of aromatic nitrogens is 1. The smallest absolute Gasteiger partial charge is 0.140 e. The molecule has 5 heteroatoms. The highest BCUT2D eigenvalue weighted by Gasteiger charge is 2.04. The molecule has 2 nitrogen and oxygen atoms in total. The van der Waals surface area contributed by atoms with Crippen LogP contribution in [0.2, 0.25) is 5.02 Å². The Bertz CT molecular complexity index is 461. The van der Waals surface area contributed by atoms with Gasteiger partial charge in [0.1, 0.15) is 17.4 Å². The van der Waals surface area contributed by atoms with Crippen LogP contribution >= 0.6 is 38.9 Å². The summed E-state index contributed by atoms with van der Waals surface area (Å²) in [5.74, 6) is 0.696. The van der Waals surface area contributed by atoms with Gasteiger partial charge >= 0.3 is 0 Å². The van der Waals surface area contributed by atoms with Crippen molar-refractivity contribution in [2.24, 2.45) is 0 Å². The predicted octanol–water partition coefficient (Wildman–Crippen LogP) is 4.27. The quantitative estimate of drug-likeness (QED) is 0.785. The van der Waals surface area contributed by atoms with Crippen molar-refractivity contribution in [1.82, 2.24) is 4.98 Å². The van der Waals surface area contributed by atoms with Gasteiger partial charge in [-0.1, -0.05) is 33.6 Å². The van der Waals surface area contributed by atoms with E-state index < -0.39 is 0 Å². The van der Waals surface area contributed by atoms with E-state index in [1.165, 1.54) is 0 Å². The van der Waals surface area contributed by atoms with Gasteiger partial charge in [-0.15, -0.1) is 11.3 Å². The molecule has 1 aromatic carbocycles. The van der Waals surface area contributed by atoms with E-state index in [-0.39, 0.29) is 0 Å². The summed E-state index contributed by atoms with van der Waals surface area (Å²) in [6.45, 7) is 0.463. The Morgan fingerprint density at radius 3 is 2.94 bits per heavy atom.